The lowest BCUT2D eigenvalue weighted by Crippen LogP contribution is -2.30. The van der Waals surface area contributed by atoms with Gasteiger partial charge in [-0.25, -0.2) is 0 Å². The molecule has 7 nitrogen and oxygen atoms in total. The summed E-state index contributed by atoms with van der Waals surface area (Å²) in [7, 11) is 4.91. The number of carbonyl (C=O) groups excluding carboxylic acids is 1. The van der Waals surface area contributed by atoms with Gasteiger partial charge in [0.05, 0.1) is 14.2 Å². The zero-order valence-electron chi connectivity index (χ0n) is 18.1. The summed E-state index contributed by atoms with van der Waals surface area (Å²) in [5, 5.41) is 9.43. The highest BCUT2D eigenvalue weighted by Crippen LogP contribution is 2.29. The number of ether oxygens (including phenoxy) is 2. The van der Waals surface area contributed by atoms with E-state index in [-0.39, 0.29) is 29.9 Å². The van der Waals surface area contributed by atoms with Crippen molar-refractivity contribution in [3.8, 4) is 11.5 Å². The van der Waals surface area contributed by atoms with E-state index in [9.17, 15) is 4.79 Å². The van der Waals surface area contributed by atoms with E-state index in [0.717, 1.165) is 16.9 Å². The van der Waals surface area contributed by atoms with Gasteiger partial charge in [0.2, 0.25) is 5.91 Å². The van der Waals surface area contributed by atoms with Crippen molar-refractivity contribution in [1.29, 1.82) is 0 Å². The van der Waals surface area contributed by atoms with Crippen LogP contribution in [0.3, 0.4) is 0 Å². The monoisotopic (exact) mass is 526 g/mol. The van der Waals surface area contributed by atoms with Gasteiger partial charge in [-0.2, -0.15) is 0 Å². The molecule has 0 unspecified atom stereocenters. The van der Waals surface area contributed by atoms with Gasteiger partial charge in [0.15, 0.2) is 17.5 Å². The van der Waals surface area contributed by atoms with Gasteiger partial charge in [-0.1, -0.05) is 26.0 Å². The summed E-state index contributed by atoms with van der Waals surface area (Å²) < 4.78 is 10.6. The topological polar surface area (TPSA) is 84.0 Å². The van der Waals surface area contributed by atoms with E-state index < -0.39 is 0 Å². The minimum absolute atomic E-state index is 0. The van der Waals surface area contributed by atoms with Crippen LogP contribution in [0.4, 0.5) is 11.4 Å². The minimum atomic E-state index is 0. The Morgan fingerprint density at radius 1 is 1.00 bits per heavy atom. The normalized spacial score (nSPS) is 10.8. The van der Waals surface area contributed by atoms with Crippen molar-refractivity contribution in [3.05, 3.63) is 48.0 Å². The van der Waals surface area contributed by atoms with Crippen molar-refractivity contribution < 1.29 is 14.3 Å². The van der Waals surface area contributed by atoms with Crippen LogP contribution in [-0.4, -0.2) is 33.1 Å². The van der Waals surface area contributed by atoms with Crippen LogP contribution in [0.25, 0.3) is 0 Å². The Balaban J connectivity index is 0.00000450. The van der Waals surface area contributed by atoms with Crippen LogP contribution in [0.15, 0.2) is 47.5 Å². The lowest BCUT2D eigenvalue weighted by Gasteiger charge is -2.14. The predicted molar refractivity (Wildman–Crippen MR) is 133 cm³/mol. The third-order valence-corrected chi connectivity index (χ3v) is 4.13. The first-order valence-corrected chi connectivity index (χ1v) is 9.53. The zero-order valence-corrected chi connectivity index (χ0v) is 20.4. The molecule has 3 N–H and O–H groups in total. The van der Waals surface area contributed by atoms with Gasteiger partial charge in [-0.3, -0.25) is 9.79 Å². The summed E-state index contributed by atoms with van der Waals surface area (Å²) in [6, 6.07) is 13.3. The second-order valence-corrected chi connectivity index (χ2v) is 6.97. The van der Waals surface area contributed by atoms with Crippen molar-refractivity contribution >= 4 is 47.2 Å². The number of methoxy groups -OCH3 is 2. The predicted octanol–water partition coefficient (Wildman–Crippen LogP) is 4.49. The lowest BCUT2D eigenvalue weighted by molar-refractivity contribution is -0.116. The molecule has 2 aromatic carbocycles. The molecule has 0 aliphatic carbocycles. The molecular weight excluding hydrogens is 495 g/mol. The maximum absolute atomic E-state index is 12.0. The minimum Gasteiger partial charge on any atom is -0.493 e. The number of carbonyl (C=O) groups is 1. The second kappa shape index (κ2) is 12.9. The number of hydrogen-bond donors (Lipinski definition) is 3. The Kier molecular flexibility index (Phi) is 11.0. The van der Waals surface area contributed by atoms with Gasteiger partial charge in [0.25, 0.3) is 0 Å². The van der Waals surface area contributed by atoms with Crippen LogP contribution < -0.4 is 25.4 Å². The largest absolute Gasteiger partial charge is 0.493 e. The van der Waals surface area contributed by atoms with Gasteiger partial charge < -0.3 is 25.4 Å². The number of nitrogens with zero attached hydrogens (tertiary/aromatic N) is 1. The van der Waals surface area contributed by atoms with Crippen molar-refractivity contribution in [2.24, 2.45) is 10.9 Å². The molecule has 0 aliphatic heterocycles. The average Bonchev–Trinajstić information content (AvgIpc) is 2.70. The molecule has 0 atom stereocenters. The van der Waals surface area contributed by atoms with E-state index in [1.54, 1.807) is 21.3 Å². The molecule has 0 aromatic heterocycles. The van der Waals surface area contributed by atoms with Crippen LogP contribution in [0, 0.1) is 5.92 Å². The molecule has 0 bridgehead atoms. The number of halogens is 1. The Bertz CT molecular complexity index is 856. The van der Waals surface area contributed by atoms with E-state index in [2.05, 4.69) is 20.9 Å². The van der Waals surface area contributed by atoms with E-state index in [1.807, 2.05) is 56.3 Å². The van der Waals surface area contributed by atoms with Crippen LogP contribution in [-0.2, 0) is 11.3 Å². The second-order valence-electron chi connectivity index (χ2n) is 6.97. The first-order valence-electron chi connectivity index (χ1n) is 9.53. The van der Waals surface area contributed by atoms with E-state index >= 15 is 0 Å². The zero-order chi connectivity index (χ0) is 21.2. The van der Waals surface area contributed by atoms with E-state index in [0.29, 0.717) is 36.3 Å². The van der Waals surface area contributed by atoms with Crippen LogP contribution in [0.2, 0.25) is 0 Å². The summed E-state index contributed by atoms with van der Waals surface area (Å²) in [5.74, 6) is 2.27. The van der Waals surface area contributed by atoms with Gasteiger partial charge in [-0.05, 0) is 35.7 Å². The first kappa shape index (κ1) is 25.5. The fourth-order valence-corrected chi connectivity index (χ4v) is 2.76. The number of rotatable bonds is 8. The summed E-state index contributed by atoms with van der Waals surface area (Å²) in [6.07, 6.45) is 0.504. The van der Waals surface area contributed by atoms with Crippen LogP contribution in [0.5, 0.6) is 11.5 Å². The Hall–Kier alpha value is -2.49. The summed E-state index contributed by atoms with van der Waals surface area (Å²) in [5.41, 5.74) is 2.64. The molecule has 0 aliphatic rings. The number of benzene rings is 2. The van der Waals surface area contributed by atoms with Crippen molar-refractivity contribution in [1.82, 2.24) is 5.32 Å². The maximum Gasteiger partial charge on any atom is 0.224 e. The van der Waals surface area contributed by atoms with Gasteiger partial charge >= 0.3 is 0 Å². The van der Waals surface area contributed by atoms with E-state index in [1.165, 1.54) is 0 Å². The average molecular weight is 526 g/mol. The molecule has 30 heavy (non-hydrogen) atoms. The van der Waals surface area contributed by atoms with Crippen molar-refractivity contribution in [2.45, 2.75) is 26.8 Å². The molecule has 0 fully saturated rings. The fourth-order valence-electron chi connectivity index (χ4n) is 2.76. The summed E-state index contributed by atoms with van der Waals surface area (Å²) >= 11 is 0. The highest BCUT2D eigenvalue weighted by molar-refractivity contribution is 14.0. The molecule has 0 spiro atoms. The van der Waals surface area contributed by atoms with Crippen LogP contribution in [0.1, 0.15) is 25.8 Å². The lowest BCUT2D eigenvalue weighted by atomic mass is 10.1. The standard InChI is InChI=1S/C22H30N4O3.HI/c1-15(2)11-21(27)25-17-8-6-7-16(12-17)14-24-22(23-3)26-18-9-10-19(28-4)20(13-18)29-5;/h6-10,12-13,15H,11,14H2,1-5H3,(H,25,27)(H2,23,24,26);1H. The van der Waals surface area contributed by atoms with Crippen LogP contribution >= 0.6 is 24.0 Å². The third kappa shape index (κ3) is 8.10. The van der Waals surface area contributed by atoms with Gasteiger partial charge in [0.1, 0.15) is 0 Å². The van der Waals surface area contributed by atoms with Crippen molar-refractivity contribution in [3.63, 3.8) is 0 Å². The summed E-state index contributed by atoms with van der Waals surface area (Å²) in [4.78, 5) is 16.2. The smallest absolute Gasteiger partial charge is 0.224 e. The molecule has 0 radical (unpaired) electrons. The maximum atomic E-state index is 12.0. The molecule has 2 rings (SSSR count). The van der Waals surface area contributed by atoms with Crippen molar-refractivity contribution in [2.75, 3.05) is 31.9 Å². The number of hydrogen-bond acceptors (Lipinski definition) is 4. The number of guanidine groups is 1. The molecule has 1 amide bonds. The molecule has 8 heteroatoms. The quantitative estimate of drug-likeness (QED) is 0.268. The molecule has 2 aromatic rings. The molecule has 0 saturated heterocycles. The fraction of sp³-hybridized carbons (Fsp3) is 0.364. The molecule has 164 valence electrons. The highest BCUT2D eigenvalue weighted by Gasteiger charge is 2.08. The SMILES string of the molecule is CN=C(NCc1cccc(NC(=O)CC(C)C)c1)Nc1ccc(OC)c(OC)c1.I. The van der Waals surface area contributed by atoms with E-state index in [4.69, 9.17) is 9.47 Å². The van der Waals surface area contributed by atoms with Gasteiger partial charge in [-0.15, -0.1) is 24.0 Å². The summed E-state index contributed by atoms with van der Waals surface area (Å²) in [6.45, 7) is 4.61. The Morgan fingerprint density at radius 3 is 2.33 bits per heavy atom. The molecular formula is C22H31IN4O3. The number of amides is 1. The first-order chi connectivity index (χ1) is 13.9. The molecule has 0 saturated carbocycles. The number of anilines is 2. The Morgan fingerprint density at radius 2 is 1.70 bits per heavy atom. The number of nitrogens with one attached hydrogen (secondary N) is 3. The third-order valence-electron chi connectivity index (χ3n) is 4.13. The number of aliphatic imine (C=N–C) groups is 1. The van der Waals surface area contributed by atoms with Gasteiger partial charge in [0, 0.05) is 37.5 Å². The highest BCUT2D eigenvalue weighted by atomic mass is 127. The molecule has 0 heterocycles. The Labute approximate surface area is 195 Å².